The van der Waals surface area contributed by atoms with E-state index >= 15 is 0 Å². The van der Waals surface area contributed by atoms with Crippen LogP contribution < -0.4 is 37.9 Å². The Morgan fingerprint density at radius 1 is 0.400 bits per heavy atom. The molecule has 10 heteroatoms. The molecule has 4 heterocycles. The SMILES string of the molecule is CCCCCC1c2cc3c4cc2OCOc2cc5c(cc21)C(CCCCC)c1cc2c(c(C(=O)OCC)c1OCO5)OCOc1cc(c(cc1C2CCCCC)C3CCCCC)OCO4. The summed E-state index contributed by atoms with van der Waals surface area (Å²) >= 11 is 0. The molecule has 10 nitrogen and oxygen atoms in total. The van der Waals surface area contributed by atoms with Gasteiger partial charge in [-0.05, 0) is 56.9 Å². The van der Waals surface area contributed by atoms with Gasteiger partial charge in [0.15, 0.2) is 0 Å². The maximum absolute atomic E-state index is 14.6. The molecule has 8 bridgehead atoms. The Labute approximate surface area is 385 Å². The highest BCUT2D eigenvalue weighted by molar-refractivity contribution is 5.97. The number of carbonyl (C=O) groups excluding carboxylic acids is 1. The first-order chi connectivity index (χ1) is 32.0. The minimum atomic E-state index is -0.486. The number of ether oxygens (including phenoxy) is 9. The first kappa shape index (κ1) is 44.9. The van der Waals surface area contributed by atoms with Crippen LogP contribution >= 0.6 is 0 Å². The molecule has 0 saturated carbocycles. The van der Waals surface area contributed by atoms with Crippen molar-refractivity contribution in [2.24, 2.45) is 0 Å². The van der Waals surface area contributed by atoms with Gasteiger partial charge in [0, 0.05) is 86.4 Å². The van der Waals surface area contributed by atoms with Gasteiger partial charge in [-0.3, -0.25) is 0 Å². The molecule has 0 spiro atoms. The van der Waals surface area contributed by atoms with Crippen molar-refractivity contribution in [3.8, 4) is 46.0 Å². The molecule has 4 aromatic rings. The summed E-state index contributed by atoms with van der Waals surface area (Å²) in [6.45, 7) is 10.8. The normalized spacial score (nSPS) is 19.5. The van der Waals surface area contributed by atoms with E-state index in [4.69, 9.17) is 42.6 Å². The number of hydrogen-bond donors (Lipinski definition) is 0. The summed E-state index contributed by atoms with van der Waals surface area (Å²) in [7, 11) is 0. The zero-order chi connectivity index (χ0) is 44.9. The molecule has 1 aliphatic carbocycles. The molecular weight excluding hydrogens is 821 g/mol. The second-order valence-electron chi connectivity index (χ2n) is 18.4. The molecule has 0 amide bonds. The molecule has 5 aliphatic rings. The minimum absolute atomic E-state index is 0.0262. The molecule has 4 aliphatic heterocycles. The second-order valence-corrected chi connectivity index (χ2v) is 18.4. The lowest BCUT2D eigenvalue weighted by molar-refractivity contribution is 0.0496. The summed E-state index contributed by atoms with van der Waals surface area (Å²) < 4.78 is 58.9. The number of esters is 1. The molecule has 0 fully saturated rings. The van der Waals surface area contributed by atoms with Crippen LogP contribution in [0.3, 0.4) is 0 Å². The zero-order valence-electron chi connectivity index (χ0n) is 39.3. The molecule has 65 heavy (non-hydrogen) atoms. The molecule has 0 N–H and O–H groups in total. The van der Waals surface area contributed by atoms with Crippen LogP contribution in [0.4, 0.5) is 0 Å². The lowest BCUT2D eigenvalue weighted by Gasteiger charge is -2.35. The van der Waals surface area contributed by atoms with Gasteiger partial charge in [-0.25, -0.2) is 4.79 Å². The third-order valence-corrected chi connectivity index (χ3v) is 14.3. The Bertz CT molecular complexity index is 2190. The smallest absolute Gasteiger partial charge is 0.345 e. The number of unbranched alkanes of at least 4 members (excludes halogenated alkanes) is 8. The van der Waals surface area contributed by atoms with Crippen LogP contribution in [0, 0.1) is 0 Å². The van der Waals surface area contributed by atoms with E-state index in [0.29, 0.717) is 23.0 Å². The molecule has 0 saturated heterocycles. The van der Waals surface area contributed by atoms with Crippen LogP contribution in [-0.2, 0) is 4.74 Å². The Kier molecular flexibility index (Phi) is 14.2. The number of carbonyl (C=O) groups is 1. The highest BCUT2D eigenvalue weighted by Gasteiger charge is 2.40. The summed E-state index contributed by atoms with van der Waals surface area (Å²) in [5.74, 6) is 4.39. The highest BCUT2D eigenvalue weighted by Crippen LogP contribution is 2.56. The summed E-state index contributed by atoms with van der Waals surface area (Å²) in [5, 5.41) is 0. The largest absolute Gasteiger partial charge is 0.462 e. The third-order valence-electron chi connectivity index (χ3n) is 14.3. The fourth-order valence-electron chi connectivity index (χ4n) is 11.0. The van der Waals surface area contributed by atoms with Crippen LogP contribution in [0.1, 0.15) is 216 Å². The second kappa shape index (κ2) is 20.5. The summed E-state index contributed by atoms with van der Waals surface area (Å²) in [4.78, 5) is 14.6. The van der Waals surface area contributed by atoms with Gasteiger partial charge in [-0.2, -0.15) is 0 Å². The van der Waals surface area contributed by atoms with Crippen molar-refractivity contribution in [2.75, 3.05) is 33.8 Å². The van der Waals surface area contributed by atoms with Gasteiger partial charge in [-0.1, -0.05) is 105 Å². The van der Waals surface area contributed by atoms with E-state index in [1.807, 2.05) is 6.92 Å². The lowest BCUT2D eigenvalue weighted by Crippen LogP contribution is -2.24. The van der Waals surface area contributed by atoms with Crippen molar-refractivity contribution in [1.29, 1.82) is 0 Å². The van der Waals surface area contributed by atoms with Crippen LogP contribution in [0.25, 0.3) is 0 Å². The molecule has 0 radical (unpaired) electrons. The summed E-state index contributed by atoms with van der Waals surface area (Å²) in [6, 6.07) is 15.6. The van der Waals surface area contributed by atoms with E-state index < -0.39 is 5.97 Å². The first-order valence-corrected chi connectivity index (χ1v) is 24.9. The van der Waals surface area contributed by atoms with Gasteiger partial charge in [0.2, 0.25) is 27.2 Å². The van der Waals surface area contributed by atoms with Gasteiger partial charge < -0.3 is 42.6 Å². The topological polar surface area (TPSA) is 100 Å². The maximum Gasteiger partial charge on any atom is 0.345 e. The molecule has 348 valence electrons. The Morgan fingerprint density at radius 3 is 0.969 bits per heavy atom. The van der Waals surface area contributed by atoms with Crippen molar-refractivity contribution >= 4 is 5.97 Å². The molecule has 4 unspecified atom stereocenters. The van der Waals surface area contributed by atoms with Crippen LogP contribution in [0.5, 0.6) is 46.0 Å². The molecular formula is C55H68O10. The van der Waals surface area contributed by atoms with Gasteiger partial charge in [0.1, 0.15) is 51.6 Å². The molecule has 0 aromatic heterocycles. The monoisotopic (exact) mass is 888 g/mol. The first-order valence-electron chi connectivity index (χ1n) is 24.9. The summed E-state index contributed by atoms with van der Waals surface area (Å²) in [5.41, 5.74) is 8.82. The fourth-order valence-corrected chi connectivity index (χ4v) is 11.0. The van der Waals surface area contributed by atoms with E-state index in [1.165, 1.54) is 0 Å². The van der Waals surface area contributed by atoms with Crippen LogP contribution in [-0.4, -0.2) is 39.7 Å². The molecule has 9 rings (SSSR count). The van der Waals surface area contributed by atoms with E-state index in [0.717, 1.165) is 170 Å². The van der Waals surface area contributed by atoms with Gasteiger partial charge in [0.25, 0.3) is 0 Å². The average Bonchev–Trinajstić information content (AvgIpc) is 3.29. The molecule has 4 atom stereocenters. The number of rotatable bonds is 18. The standard InChI is InChI=1S/C55H68O10/c1-6-11-15-19-34-38-23-39-35(20-16-12-7-2)41-25-43-37(22-18-14-9-4)45-26-44-36(21-17-13-8-3)42-24-40(34)48-28-50(42)62-32-64-53(44)52(55(56)57-10-5)54(45)65-33-63-51(43)29-49(41)61-31-59-47(39)27-46(38)58-30-60-48/h23-29,34-37H,6-22,30-33H2,1-5H3. The van der Waals surface area contributed by atoms with Crippen molar-refractivity contribution in [3.05, 3.63) is 92.5 Å². The molecule has 4 aromatic carbocycles. The number of benzene rings is 4. The van der Waals surface area contributed by atoms with Crippen molar-refractivity contribution in [1.82, 2.24) is 0 Å². The maximum atomic E-state index is 14.6. The predicted octanol–water partition coefficient (Wildman–Crippen LogP) is 13.9. The van der Waals surface area contributed by atoms with E-state index in [1.54, 1.807) is 0 Å². The minimum Gasteiger partial charge on any atom is -0.462 e. The Hall–Kier alpha value is -5.25. The van der Waals surface area contributed by atoms with Crippen molar-refractivity contribution in [3.63, 3.8) is 0 Å². The predicted molar refractivity (Wildman–Crippen MR) is 250 cm³/mol. The Balaban J connectivity index is 1.42. The van der Waals surface area contributed by atoms with E-state index in [2.05, 4.69) is 70.2 Å². The van der Waals surface area contributed by atoms with E-state index in [-0.39, 0.29) is 63.0 Å². The number of hydrogen-bond acceptors (Lipinski definition) is 10. The van der Waals surface area contributed by atoms with Gasteiger partial charge in [-0.15, -0.1) is 0 Å². The average molecular weight is 889 g/mol. The fraction of sp³-hybridized carbons (Fsp3) is 0.545. The Morgan fingerprint density at radius 2 is 0.677 bits per heavy atom. The third kappa shape index (κ3) is 8.91. The van der Waals surface area contributed by atoms with E-state index in [9.17, 15) is 4.79 Å². The summed E-state index contributed by atoms with van der Waals surface area (Å²) in [6.07, 6.45) is 16.1. The highest BCUT2D eigenvalue weighted by atomic mass is 16.7. The van der Waals surface area contributed by atoms with Gasteiger partial charge in [0.05, 0.1) is 6.61 Å². The lowest BCUT2D eigenvalue weighted by atomic mass is 9.75. The zero-order valence-corrected chi connectivity index (χ0v) is 39.3. The van der Waals surface area contributed by atoms with Crippen molar-refractivity contribution in [2.45, 2.75) is 161 Å². The van der Waals surface area contributed by atoms with Gasteiger partial charge >= 0.3 is 5.97 Å². The van der Waals surface area contributed by atoms with Crippen LogP contribution in [0.2, 0.25) is 0 Å². The van der Waals surface area contributed by atoms with Crippen LogP contribution in [0.15, 0.2) is 42.5 Å². The van der Waals surface area contributed by atoms with Crippen molar-refractivity contribution < 1.29 is 47.4 Å². The quantitative estimate of drug-likeness (QED) is 0.0709.